The van der Waals surface area contributed by atoms with Crippen molar-refractivity contribution in [1.29, 1.82) is 0 Å². The van der Waals surface area contributed by atoms with Gasteiger partial charge in [-0.3, -0.25) is 0 Å². The highest BCUT2D eigenvalue weighted by atomic mass is 16.7. The van der Waals surface area contributed by atoms with Crippen LogP contribution in [0.4, 0.5) is 4.79 Å². The maximum Gasteiger partial charge on any atom is 0.508 e. The fourth-order valence-electron chi connectivity index (χ4n) is 1.63. The fraction of sp³-hybridized carbons (Fsp3) is 0.727. The predicted octanol–water partition coefficient (Wildman–Crippen LogP) is 1.25. The lowest BCUT2D eigenvalue weighted by atomic mass is 10.00. The number of ether oxygens (including phenoxy) is 3. The van der Waals surface area contributed by atoms with Crippen LogP contribution < -0.4 is 0 Å². The average molecular weight is 230 g/mol. The molecule has 0 saturated heterocycles. The molecule has 0 aromatic rings. The minimum absolute atomic E-state index is 0.0192. The molecule has 0 aromatic heterocycles. The Kier molecular flexibility index (Phi) is 5.28. The molecule has 16 heavy (non-hydrogen) atoms. The topological polar surface area (TPSA) is 65.0 Å². The van der Waals surface area contributed by atoms with Crippen LogP contribution in [0.3, 0.4) is 0 Å². The Morgan fingerprint density at radius 1 is 1.31 bits per heavy atom. The number of rotatable bonds is 2. The molecule has 5 heteroatoms. The summed E-state index contributed by atoms with van der Waals surface area (Å²) in [5, 5.41) is 9.52. The van der Waals surface area contributed by atoms with Gasteiger partial charge in [0, 0.05) is 13.5 Å². The largest absolute Gasteiger partial charge is 0.508 e. The number of methoxy groups -OCH3 is 2. The van der Waals surface area contributed by atoms with Crippen molar-refractivity contribution >= 4 is 6.16 Å². The molecule has 3 atom stereocenters. The number of aliphatic hydroxyl groups is 1. The smallest absolute Gasteiger partial charge is 0.438 e. The van der Waals surface area contributed by atoms with Gasteiger partial charge in [-0.25, -0.2) is 4.79 Å². The molecule has 92 valence electrons. The summed E-state index contributed by atoms with van der Waals surface area (Å²) in [6.07, 6.45) is 3.62. The maximum absolute atomic E-state index is 11.0. The quantitative estimate of drug-likeness (QED) is 0.571. The van der Waals surface area contributed by atoms with E-state index in [0.29, 0.717) is 12.8 Å². The average Bonchev–Trinajstić information content (AvgIpc) is 2.28. The summed E-state index contributed by atoms with van der Waals surface area (Å²) in [6, 6.07) is 0. The molecule has 0 spiro atoms. The lowest BCUT2D eigenvalue weighted by molar-refractivity contribution is 0.0102. The molecule has 0 radical (unpaired) electrons. The monoisotopic (exact) mass is 230 g/mol. The first kappa shape index (κ1) is 13.0. The molecule has 0 bridgehead atoms. The highest BCUT2D eigenvalue weighted by Crippen LogP contribution is 2.18. The normalized spacial score (nSPS) is 32.3. The molecular formula is C11H18O5. The Hall–Kier alpha value is -1.07. The Balaban J connectivity index is 2.60. The van der Waals surface area contributed by atoms with Crippen molar-refractivity contribution in [2.45, 2.75) is 37.6 Å². The minimum Gasteiger partial charge on any atom is -0.438 e. The van der Waals surface area contributed by atoms with Gasteiger partial charge in [-0.1, -0.05) is 6.08 Å². The molecule has 5 nitrogen and oxygen atoms in total. The van der Waals surface area contributed by atoms with E-state index in [1.165, 1.54) is 7.11 Å². The first-order chi connectivity index (χ1) is 7.65. The standard InChI is InChI=1S/C11H18O5/c1-14-9-5-3-8(12)4-6-10(7-9)16-11(13)15-2/h4,6,8-10,12H,3,5,7H2,1-2H3/b6-4+. The zero-order valence-corrected chi connectivity index (χ0v) is 9.59. The number of carbonyl (C=O) groups is 1. The number of carbonyl (C=O) groups excluding carboxylic acids is 1. The van der Waals surface area contributed by atoms with Crippen molar-refractivity contribution < 1.29 is 24.1 Å². The summed E-state index contributed by atoms with van der Waals surface area (Å²) in [7, 11) is 2.87. The van der Waals surface area contributed by atoms with Crippen LogP contribution in [0.25, 0.3) is 0 Å². The van der Waals surface area contributed by atoms with Gasteiger partial charge in [-0.05, 0) is 18.9 Å². The zero-order valence-electron chi connectivity index (χ0n) is 9.59. The van der Waals surface area contributed by atoms with Crippen LogP contribution in [0, 0.1) is 0 Å². The first-order valence-electron chi connectivity index (χ1n) is 5.29. The fourth-order valence-corrected chi connectivity index (χ4v) is 1.63. The van der Waals surface area contributed by atoms with Crippen molar-refractivity contribution in [3.05, 3.63) is 12.2 Å². The van der Waals surface area contributed by atoms with Gasteiger partial charge in [0.25, 0.3) is 0 Å². The van der Waals surface area contributed by atoms with Crippen LogP contribution >= 0.6 is 0 Å². The van der Waals surface area contributed by atoms with E-state index in [1.54, 1.807) is 19.3 Å². The summed E-state index contributed by atoms with van der Waals surface area (Å²) in [4.78, 5) is 11.0. The van der Waals surface area contributed by atoms with Gasteiger partial charge >= 0.3 is 6.16 Å². The Morgan fingerprint density at radius 3 is 2.69 bits per heavy atom. The molecule has 1 aliphatic rings. The molecule has 1 rings (SSSR count). The summed E-state index contributed by atoms with van der Waals surface area (Å²) in [5.41, 5.74) is 0. The third kappa shape index (κ3) is 4.20. The van der Waals surface area contributed by atoms with Gasteiger partial charge in [-0.15, -0.1) is 0 Å². The van der Waals surface area contributed by atoms with Crippen LogP contribution in [-0.4, -0.2) is 43.8 Å². The lowest BCUT2D eigenvalue weighted by Crippen LogP contribution is -2.26. The van der Waals surface area contributed by atoms with E-state index in [4.69, 9.17) is 9.47 Å². The molecule has 0 aromatic carbocycles. The van der Waals surface area contributed by atoms with Gasteiger partial charge in [0.05, 0.1) is 19.3 Å². The second kappa shape index (κ2) is 6.50. The van der Waals surface area contributed by atoms with Crippen molar-refractivity contribution in [3.8, 4) is 0 Å². The van der Waals surface area contributed by atoms with Crippen LogP contribution in [-0.2, 0) is 14.2 Å². The van der Waals surface area contributed by atoms with Gasteiger partial charge in [0.15, 0.2) is 0 Å². The molecule has 1 N–H and O–H groups in total. The van der Waals surface area contributed by atoms with Gasteiger partial charge in [0.1, 0.15) is 6.10 Å². The molecule has 0 heterocycles. The van der Waals surface area contributed by atoms with E-state index in [0.717, 1.165) is 6.42 Å². The Labute approximate surface area is 95.0 Å². The van der Waals surface area contributed by atoms with E-state index in [2.05, 4.69) is 4.74 Å². The van der Waals surface area contributed by atoms with Gasteiger partial charge in [0.2, 0.25) is 0 Å². The van der Waals surface area contributed by atoms with E-state index in [-0.39, 0.29) is 6.10 Å². The molecule has 0 aliphatic heterocycles. The number of aliphatic hydroxyl groups excluding tert-OH is 1. The van der Waals surface area contributed by atoms with Crippen molar-refractivity contribution in [2.75, 3.05) is 14.2 Å². The summed E-state index contributed by atoms with van der Waals surface area (Å²) in [5.74, 6) is 0. The molecule has 0 fully saturated rings. The highest BCUT2D eigenvalue weighted by Gasteiger charge is 2.21. The Morgan fingerprint density at radius 2 is 2.06 bits per heavy atom. The molecule has 1 aliphatic carbocycles. The highest BCUT2D eigenvalue weighted by molar-refractivity contribution is 5.60. The van der Waals surface area contributed by atoms with Crippen molar-refractivity contribution in [2.24, 2.45) is 0 Å². The second-order valence-corrected chi connectivity index (χ2v) is 3.73. The van der Waals surface area contributed by atoms with Crippen LogP contribution in [0.2, 0.25) is 0 Å². The molecule has 3 unspecified atom stereocenters. The summed E-state index contributed by atoms with van der Waals surface area (Å²) < 4.78 is 14.7. The van der Waals surface area contributed by atoms with E-state index < -0.39 is 18.4 Å². The van der Waals surface area contributed by atoms with E-state index in [9.17, 15) is 9.90 Å². The maximum atomic E-state index is 11.0. The van der Waals surface area contributed by atoms with Gasteiger partial charge in [-0.2, -0.15) is 0 Å². The summed E-state index contributed by atoms with van der Waals surface area (Å²) in [6.45, 7) is 0. The van der Waals surface area contributed by atoms with Crippen molar-refractivity contribution in [3.63, 3.8) is 0 Å². The SMILES string of the molecule is COC(=O)OC1/C=C/C(O)CCC(OC)C1. The third-order valence-electron chi connectivity index (χ3n) is 2.58. The molecular weight excluding hydrogens is 212 g/mol. The Bertz CT molecular complexity index is 251. The number of hydrogen-bond acceptors (Lipinski definition) is 5. The van der Waals surface area contributed by atoms with E-state index >= 15 is 0 Å². The minimum atomic E-state index is -0.723. The lowest BCUT2D eigenvalue weighted by Gasteiger charge is -2.23. The molecule has 0 saturated carbocycles. The second-order valence-electron chi connectivity index (χ2n) is 3.73. The third-order valence-corrected chi connectivity index (χ3v) is 2.58. The van der Waals surface area contributed by atoms with Crippen LogP contribution in [0.15, 0.2) is 12.2 Å². The zero-order chi connectivity index (χ0) is 12.0. The van der Waals surface area contributed by atoms with Crippen LogP contribution in [0.1, 0.15) is 19.3 Å². The first-order valence-corrected chi connectivity index (χ1v) is 5.29. The van der Waals surface area contributed by atoms with E-state index in [1.807, 2.05) is 0 Å². The predicted molar refractivity (Wildman–Crippen MR) is 57.1 cm³/mol. The van der Waals surface area contributed by atoms with Gasteiger partial charge < -0.3 is 19.3 Å². The molecule has 0 amide bonds. The summed E-state index contributed by atoms with van der Waals surface area (Å²) >= 11 is 0. The number of hydrogen-bond donors (Lipinski definition) is 1. The van der Waals surface area contributed by atoms with Crippen LogP contribution in [0.5, 0.6) is 0 Å². The van der Waals surface area contributed by atoms with Crippen molar-refractivity contribution in [1.82, 2.24) is 0 Å².